The van der Waals surface area contributed by atoms with Gasteiger partial charge in [-0.05, 0) is 37.3 Å². The largest absolute Gasteiger partial charge is 0.370 e. The van der Waals surface area contributed by atoms with Gasteiger partial charge >= 0.3 is 0 Å². The zero-order valence-corrected chi connectivity index (χ0v) is 16.7. The van der Waals surface area contributed by atoms with E-state index in [9.17, 15) is 13.2 Å². The first-order valence-corrected chi connectivity index (χ1v) is 10.8. The molecule has 0 aromatic heterocycles. The van der Waals surface area contributed by atoms with Crippen LogP contribution in [0, 0.1) is 6.92 Å². The Hall–Kier alpha value is -2.42. The summed E-state index contributed by atoms with van der Waals surface area (Å²) < 4.78 is 32.9. The lowest BCUT2D eigenvalue weighted by atomic mass is 10.2. The second-order valence-electron chi connectivity index (χ2n) is 6.87. The third-order valence-corrected chi connectivity index (χ3v) is 6.07. The molecule has 0 radical (unpaired) electrons. The Morgan fingerprint density at radius 3 is 2.54 bits per heavy atom. The molecule has 0 unspecified atom stereocenters. The predicted octanol–water partition coefficient (Wildman–Crippen LogP) is 0.441. The van der Waals surface area contributed by atoms with Crippen molar-refractivity contribution in [1.29, 1.82) is 0 Å². The summed E-state index contributed by atoms with van der Waals surface area (Å²) >= 11 is 0. The van der Waals surface area contributed by atoms with E-state index < -0.39 is 10.0 Å². The summed E-state index contributed by atoms with van der Waals surface area (Å²) in [5, 5.41) is 2.90. The van der Waals surface area contributed by atoms with Crippen LogP contribution in [0.3, 0.4) is 0 Å². The molecule has 2 aromatic rings. The number of anilines is 1. The summed E-state index contributed by atoms with van der Waals surface area (Å²) in [6.07, 6.45) is 0. The maximum atomic E-state index is 12.5. The van der Waals surface area contributed by atoms with Crippen LogP contribution < -0.4 is 14.9 Å². The van der Waals surface area contributed by atoms with E-state index in [0.29, 0.717) is 17.8 Å². The van der Waals surface area contributed by atoms with Gasteiger partial charge in [-0.15, -0.1) is 0 Å². The van der Waals surface area contributed by atoms with Gasteiger partial charge < -0.3 is 15.0 Å². The Bertz CT molecular complexity index is 907. The fourth-order valence-electron chi connectivity index (χ4n) is 3.02. The Kier molecular flexibility index (Phi) is 6.66. The molecular formula is C20H26N3O4S+. The molecule has 8 heteroatoms. The number of sulfonamides is 1. The molecule has 2 aromatic carbocycles. The number of hydrogen-bond donors (Lipinski definition) is 3. The molecule has 1 saturated heterocycles. The number of carbonyl (C=O) groups is 1. The van der Waals surface area contributed by atoms with Gasteiger partial charge in [0.1, 0.15) is 13.1 Å². The van der Waals surface area contributed by atoms with Crippen molar-refractivity contribution < 1.29 is 22.8 Å². The Morgan fingerprint density at radius 1 is 1.11 bits per heavy atom. The van der Waals surface area contributed by atoms with Crippen LogP contribution in [0.5, 0.6) is 0 Å². The minimum absolute atomic E-state index is 0.182. The minimum Gasteiger partial charge on any atom is -0.370 e. The lowest BCUT2D eigenvalue weighted by Crippen LogP contribution is -3.14. The van der Waals surface area contributed by atoms with Gasteiger partial charge in [-0.1, -0.05) is 23.8 Å². The van der Waals surface area contributed by atoms with Crippen molar-refractivity contribution in [1.82, 2.24) is 5.32 Å². The van der Waals surface area contributed by atoms with Crippen LogP contribution in [-0.2, 0) is 14.8 Å². The highest BCUT2D eigenvalue weighted by atomic mass is 32.2. The van der Waals surface area contributed by atoms with Gasteiger partial charge in [-0.25, -0.2) is 8.42 Å². The third kappa shape index (κ3) is 5.54. The molecule has 0 atom stereocenters. The first-order valence-electron chi connectivity index (χ1n) is 9.33. The normalized spacial score (nSPS) is 15.2. The summed E-state index contributed by atoms with van der Waals surface area (Å²) in [5.41, 5.74) is 1.75. The minimum atomic E-state index is -3.70. The zero-order chi connectivity index (χ0) is 20.0. The van der Waals surface area contributed by atoms with Crippen LogP contribution in [0.15, 0.2) is 53.4 Å². The monoisotopic (exact) mass is 404 g/mol. The van der Waals surface area contributed by atoms with Crippen molar-refractivity contribution in [3.05, 3.63) is 59.7 Å². The van der Waals surface area contributed by atoms with Crippen molar-refractivity contribution >= 4 is 21.6 Å². The predicted molar refractivity (Wildman–Crippen MR) is 107 cm³/mol. The van der Waals surface area contributed by atoms with Crippen molar-refractivity contribution in [3.63, 3.8) is 0 Å². The Balaban J connectivity index is 1.59. The van der Waals surface area contributed by atoms with Crippen molar-refractivity contribution in [2.45, 2.75) is 11.8 Å². The van der Waals surface area contributed by atoms with Gasteiger partial charge in [0.15, 0.2) is 0 Å². The van der Waals surface area contributed by atoms with E-state index in [-0.39, 0.29) is 10.8 Å². The standard InChI is InChI=1S/C20H25N3O4S/c1-16-5-7-19(8-6-16)28(25,26)22-18-4-2-3-17(15-18)20(24)21-9-10-23-11-13-27-14-12-23/h2-8,15,22H,9-14H2,1H3,(H,21,24)/p+1. The van der Waals surface area contributed by atoms with Gasteiger partial charge in [0.25, 0.3) is 15.9 Å². The van der Waals surface area contributed by atoms with E-state index >= 15 is 0 Å². The molecule has 3 rings (SSSR count). The van der Waals surface area contributed by atoms with Crippen LogP contribution in [-0.4, -0.2) is 53.7 Å². The SMILES string of the molecule is Cc1ccc(S(=O)(=O)Nc2cccc(C(=O)NCC[NH+]3CCOCC3)c2)cc1. The quantitative estimate of drug-likeness (QED) is 0.625. The number of carbonyl (C=O) groups excluding carboxylic acids is 1. The Morgan fingerprint density at radius 2 is 1.82 bits per heavy atom. The fourth-order valence-corrected chi connectivity index (χ4v) is 4.07. The highest BCUT2D eigenvalue weighted by Crippen LogP contribution is 2.17. The Labute approximate surface area is 165 Å². The summed E-state index contributed by atoms with van der Waals surface area (Å²) in [7, 11) is -3.70. The van der Waals surface area contributed by atoms with Gasteiger partial charge in [0.05, 0.1) is 31.2 Å². The number of ether oxygens (including phenoxy) is 1. The molecule has 0 aliphatic carbocycles. The molecule has 1 aliphatic heterocycles. The van der Waals surface area contributed by atoms with E-state index in [2.05, 4.69) is 10.0 Å². The molecule has 3 N–H and O–H groups in total. The number of rotatable bonds is 7. The van der Waals surface area contributed by atoms with Crippen molar-refractivity contribution in [2.24, 2.45) is 0 Å². The first kappa shape index (κ1) is 20.3. The molecule has 1 aliphatic rings. The number of aryl methyl sites for hydroxylation is 1. The maximum absolute atomic E-state index is 12.5. The van der Waals surface area contributed by atoms with Crippen molar-refractivity contribution in [3.8, 4) is 0 Å². The molecule has 1 fully saturated rings. The molecule has 28 heavy (non-hydrogen) atoms. The summed E-state index contributed by atoms with van der Waals surface area (Å²) in [4.78, 5) is 14.0. The molecule has 150 valence electrons. The third-order valence-electron chi connectivity index (χ3n) is 4.67. The molecule has 0 spiro atoms. The lowest BCUT2D eigenvalue weighted by molar-refractivity contribution is -0.906. The van der Waals surface area contributed by atoms with E-state index in [0.717, 1.165) is 38.4 Å². The molecule has 0 saturated carbocycles. The molecule has 0 bridgehead atoms. The second-order valence-corrected chi connectivity index (χ2v) is 8.55. The second kappa shape index (κ2) is 9.18. The lowest BCUT2D eigenvalue weighted by Gasteiger charge is -2.23. The molecule has 7 nitrogen and oxygen atoms in total. The average molecular weight is 405 g/mol. The zero-order valence-electron chi connectivity index (χ0n) is 15.9. The van der Waals surface area contributed by atoms with E-state index in [1.165, 1.54) is 4.90 Å². The smallest absolute Gasteiger partial charge is 0.261 e. The number of quaternary nitrogens is 1. The van der Waals surface area contributed by atoms with Gasteiger partial charge in [0, 0.05) is 11.3 Å². The number of morpholine rings is 1. The number of nitrogens with one attached hydrogen (secondary N) is 3. The molecular weight excluding hydrogens is 378 g/mol. The summed E-state index contributed by atoms with van der Waals surface area (Å²) in [6, 6.07) is 13.1. The van der Waals surface area contributed by atoms with Crippen LogP contribution >= 0.6 is 0 Å². The highest BCUT2D eigenvalue weighted by molar-refractivity contribution is 7.92. The van der Waals surface area contributed by atoms with Crippen molar-refractivity contribution in [2.75, 3.05) is 44.1 Å². The number of amides is 1. The van der Waals surface area contributed by atoms with Crippen LogP contribution in [0.25, 0.3) is 0 Å². The topological polar surface area (TPSA) is 88.9 Å². The van der Waals surface area contributed by atoms with Crippen LogP contribution in [0.1, 0.15) is 15.9 Å². The summed E-state index contributed by atoms with van der Waals surface area (Å²) in [6.45, 7) is 6.71. The number of benzene rings is 2. The van der Waals surface area contributed by atoms with E-state index in [1.54, 1.807) is 48.5 Å². The number of hydrogen-bond acceptors (Lipinski definition) is 4. The van der Waals surface area contributed by atoms with Crippen LogP contribution in [0.4, 0.5) is 5.69 Å². The highest BCUT2D eigenvalue weighted by Gasteiger charge is 2.16. The van der Waals surface area contributed by atoms with E-state index in [4.69, 9.17) is 4.74 Å². The average Bonchev–Trinajstić information content (AvgIpc) is 2.69. The molecule has 1 heterocycles. The van der Waals surface area contributed by atoms with Gasteiger partial charge in [-0.2, -0.15) is 0 Å². The summed E-state index contributed by atoms with van der Waals surface area (Å²) in [5.74, 6) is -0.218. The maximum Gasteiger partial charge on any atom is 0.261 e. The van der Waals surface area contributed by atoms with E-state index in [1.807, 2.05) is 6.92 Å². The van der Waals surface area contributed by atoms with Gasteiger partial charge in [-0.3, -0.25) is 9.52 Å². The molecule has 1 amide bonds. The fraction of sp³-hybridized carbons (Fsp3) is 0.350. The van der Waals surface area contributed by atoms with Crippen LogP contribution in [0.2, 0.25) is 0 Å². The first-order chi connectivity index (χ1) is 13.4. The van der Waals surface area contributed by atoms with Gasteiger partial charge in [0.2, 0.25) is 0 Å².